The highest BCUT2D eigenvalue weighted by Crippen LogP contribution is 2.28. The number of nitrogens with one attached hydrogen (secondary N) is 1. The average molecular weight is 292 g/mol. The lowest BCUT2D eigenvalue weighted by Gasteiger charge is -2.12. The molecule has 88 valence electrons. The fourth-order valence-electron chi connectivity index (χ4n) is 1.75. The van der Waals surface area contributed by atoms with Gasteiger partial charge >= 0.3 is 0 Å². The van der Waals surface area contributed by atoms with Crippen LogP contribution in [0, 0.1) is 13.8 Å². The first-order valence-electron chi connectivity index (χ1n) is 5.41. The van der Waals surface area contributed by atoms with Crippen LogP contribution in [0.3, 0.4) is 0 Å². The van der Waals surface area contributed by atoms with Crippen LogP contribution >= 0.6 is 15.9 Å². The van der Waals surface area contributed by atoms with Crippen LogP contribution in [0.2, 0.25) is 0 Å². The van der Waals surface area contributed by atoms with Gasteiger partial charge in [0.2, 0.25) is 0 Å². The van der Waals surface area contributed by atoms with Gasteiger partial charge in [-0.3, -0.25) is 0 Å². The van der Waals surface area contributed by atoms with Crippen molar-refractivity contribution in [3.05, 3.63) is 52.0 Å². The third-order valence-corrected chi connectivity index (χ3v) is 3.14. The van der Waals surface area contributed by atoms with E-state index in [4.69, 9.17) is 0 Å². The van der Waals surface area contributed by atoms with Crippen LogP contribution in [0.5, 0.6) is 0 Å². The second kappa shape index (κ2) is 5.27. The minimum Gasteiger partial charge on any atom is -0.380 e. The van der Waals surface area contributed by atoms with Crippen molar-refractivity contribution < 1.29 is 0 Å². The predicted molar refractivity (Wildman–Crippen MR) is 73.0 cm³/mol. The molecule has 0 aliphatic carbocycles. The van der Waals surface area contributed by atoms with Gasteiger partial charge in [0.15, 0.2) is 0 Å². The molecule has 0 amide bonds. The van der Waals surface area contributed by atoms with Crippen molar-refractivity contribution in [3.8, 4) is 0 Å². The van der Waals surface area contributed by atoms with Crippen LogP contribution in [0.25, 0.3) is 0 Å². The standard InChI is InChI=1S/C13H14BrN3/c1-9-3-10(2)13(12(14)4-9)17-7-11-5-15-8-16-6-11/h3-6,8,17H,7H2,1-2H3. The zero-order valence-electron chi connectivity index (χ0n) is 9.87. The largest absolute Gasteiger partial charge is 0.380 e. The molecule has 3 nitrogen and oxygen atoms in total. The van der Waals surface area contributed by atoms with Crippen molar-refractivity contribution in [1.82, 2.24) is 9.97 Å². The number of rotatable bonds is 3. The SMILES string of the molecule is Cc1cc(C)c(NCc2cncnc2)c(Br)c1. The normalized spacial score (nSPS) is 10.3. The Balaban J connectivity index is 2.15. The quantitative estimate of drug-likeness (QED) is 0.941. The van der Waals surface area contributed by atoms with E-state index >= 15 is 0 Å². The maximum atomic E-state index is 3.99. The maximum Gasteiger partial charge on any atom is 0.115 e. The Kier molecular flexibility index (Phi) is 3.74. The number of halogens is 1. The molecule has 0 bridgehead atoms. The molecular formula is C13H14BrN3. The molecule has 1 heterocycles. The van der Waals surface area contributed by atoms with Crippen molar-refractivity contribution in [2.45, 2.75) is 20.4 Å². The molecule has 2 rings (SSSR count). The number of benzene rings is 1. The molecule has 0 aliphatic heterocycles. The molecule has 0 fully saturated rings. The average Bonchev–Trinajstić information content (AvgIpc) is 2.29. The first-order valence-corrected chi connectivity index (χ1v) is 6.20. The lowest BCUT2D eigenvalue weighted by molar-refractivity contribution is 1.05. The minimum absolute atomic E-state index is 0.726. The molecule has 0 atom stereocenters. The summed E-state index contributed by atoms with van der Waals surface area (Å²) < 4.78 is 1.09. The molecule has 0 saturated heterocycles. The van der Waals surface area contributed by atoms with E-state index in [0.29, 0.717) is 0 Å². The molecule has 2 aromatic rings. The van der Waals surface area contributed by atoms with Crippen molar-refractivity contribution in [3.63, 3.8) is 0 Å². The maximum absolute atomic E-state index is 3.99. The monoisotopic (exact) mass is 291 g/mol. The van der Waals surface area contributed by atoms with E-state index in [-0.39, 0.29) is 0 Å². The molecule has 1 N–H and O–H groups in total. The molecule has 1 aromatic heterocycles. The van der Waals surface area contributed by atoms with E-state index in [1.807, 2.05) is 12.4 Å². The van der Waals surface area contributed by atoms with Crippen LogP contribution in [0.4, 0.5) is 5.69 Å². The van der Waals surface area contributed by atoms with Crippen LogP contribution < -0.4 is 5.32 Å². The number of hydrogen-bond acceptors (Lipinski definition) is 3. The van der Waals surface area contributed by atoms with E-state index in [1.54, 1.807) is 0 Å². The van der Waals surface area contributed by atoms with Crippen molar-refractivity contribution >= 4 is 21.6 Å². The first-order chi connectivity index (χ1) is 8.16. The van der Waals surface area contributed by atoms with Crippen molar-refractivity contribution in [2.24, 2.45) is 0 Å². The molecule has 0 saturated carbocycles. The van der Waals surface area contributed by atoms with Gasteiger partial charge in [-0.25, -0.2) is 9.97 Å². The first kappa shape index (κ1) is 12.0. The van der Waals surface area contributed by atoms with Crippen molar-refractivity contribution in [1.29, 1.82) is 0 Å². The summed E-state index contributed by atoms with van der Waals surface area (Å²) >= 11 is 3.58. The lowest BCUT2D eigenvalue weighted by Crippen LogP contribution is -2.03. The van der Waals surface area contributed by atoms with E-state index in [0.717, 1.165) is 22.3 Å². The van der Waals surface area contributed by atoms with E-state index in [1.165, 1.54) is 17.5 Å². The van der Waals surface area contributed by atoms with Gasteiger partial charge in [-0.05, 0) is 47.0 Å². The molecule has 0 radical (unpaired) electrons. The van der Waals surface area contributed by atoms with Gasteiger partial charge in [0, 0.05) is 29.0 Å². The molecule has 4 heteroatoms. The topological polar surface area (TPSA) is 37.8 Å². The van der Waals surface area contributed by atoms with Gasteiger partial charge in [0.25, 0.3) is 0 Å². The Morgan fingerprint density at radius 2 is 1.88 bits per heavy atom. The Labute approximate surface area is 109 Å². The summed E-state index contributed by atoms with van der Waals surface area (Å²) in [5.41, 5.74) is 4.68. The van der Waals surface area contributed by atoms with Gasteiger partial charge in [-0.1, -0.05) is 6.07 Å². The summed E-state index contributed by atoms with van der Waals surface area (Å²) in [5.74, 6) is 0. The zero-order chi connectivity index (χ0) is 12.3. The Morgan fingerprint density at radius 1 is 1.18 bits per heavy atom. The summed E-state index contributed by atoms with van der Waals surface area (Å²) in [4.78, 5) is 7.99. The van der Waals surface area contributed by atoms with Crippen LogP contribution in [0.1, 0.15) is 16.7 Å². The molecule has 1 aromatic carbocycles. The Hall–Kier alpha value is -1.42. The molecule has 0 spiro atoms. The number of aromatic nitrogens is 2. The van der Waals surface area contributed by atoms with E-state index in [9.17, 15) is 0 Å². The van der Waals surface area contributed by atoms with Crippen LogP contribution in [-0.2, 0) is 6.54 Å². The minimum atomic E-state index is 0.726. The highest BCUT2D eigenvalue weighted by Gasteiger charge is 2.04. The molecule has 0 unspecified atom stereocenters. The summed E-state index contributed by atoms with van der Waals surface area (Å²) in [6, 6.07) is 4.27. The molecule has 0 aliphatic rings. The lowest BCUT2D eigenvalue weighted by atomic mass is 10.1. The number of anilines is 1. The smallest absolute Gasteiger partial charge is 0.115 e. The highest BCUT2D eigenvalue weighted by molar-refractivity contribution is 9.10. The van der Waals surface area contributed by atoms with E-state index in [2.05, 4.69) is 57.2 Å². The third-order valence-electron chi connectivity index (χ3n) is 2.52. The number of hydrogen-bond donors (Lipinski definition) is 1. The Bertz CT molecular complexity index is 488. The van der Waals surface area contributed by atoms with Gasteiger partial charge in [0.1, 0.15) is 6.33 Å². The molecule has 17 heavy (non-hydrogen) atoms. The summed E-state index contributed by atoms with van der Waals surface area (Å²) in [5, 5.41) is 3.40. The summed E-state index contributed by atoms with van der Waals surface area (Å²) in [7, 11) is 0. The van der Waals surface area contributed by atoms with Crippen molar-refractivity contribution in [2.75, 3.05) is 5.32 Å². The van der Waals surface area contributed by atoms with Crippen LogP contribution in [-0.4, -0.2) is 9.97 Å². The fraction of sp³-hybridized carbons (Fsp3) is 0.231. The second-order valence-electron chi connectivity index (χ2n) is 4.04. The van der Waals surface area contributed by atoms with Gasteiger partial charge in [-0.2, -0.15) is 0 Å². The number of nitrogens with zero attached hydrogens (tertiary/aromatic N) is 2. The summed E-state index contributed by atoms with van der Waals surface area (Å²) in [6.45, 7) is 4.91. The van der Waals surface area contributed by atoms with E-state index < -0.39 is 0 Å². The predicted octanol–water partition coefficient (Wildman–Crippen LogP) is 3.47. The van der Waals surface area contributed by atoms with Gasteiger partial charge in [-0.15, -0.1) is 0 Å². The Morgan fingerprint density at radius 3 is 2.53 bits per heavy atom. The molecular weight excluding hydrogens is 278 g/mol. The van der Waals surface area contributed by atoms with Gasteiger partial charge < -0.3 is 5.32 Å². The highest BCUT2D eigenvalue weighted by atomic mass is 79.9. The zero-order valence-corrected chi connectivity index (χ0v) is 11.5. The van der Waals surface area contributed by atoms with Gasteiger partial charge in [0.05, 0.1) is 5.69 Å². The number of aryl methyl sites for hydroxylation is 2. The fourth-order valence-corrected chi connectivity index (χ4v) is 2.57. The summed E-state index contributed by atoms with van der Waals surface area (Å²) in [6.07, 6.45) is 5.17. The third kappa shape index (κ3) is 3.03. The second-order valence-corrected chi connectivity index (χ2v) is 4.89. The van der Waals surface area contributed by atoms with Crippen LogP contribution in [0.15, 0.2) is 35.3 Å².